The van der Waals surface area contributed by atoms with E-state index >= 15 is 0 Å². The molecule has 326 valence electrons. The molecule has 0 unspecified atom stereocenters. The quantitative estimate of drug-likeness (QED) is 0.105. The number of nitrogens with one attached hydrogen (secondary N) is 2. The van der Waals surface area contributed by atoms with Gasteiger partial charge in [-0.05, 0) is 122 Å². The summed E-state index contributed by atoms with van der Waals surface area (Å²) in [5.41, 5.74) is 15.4. The number of aromatic nitrogens is 4. The second-order valence-electron chi connectivity index (χ2n) is 13.9. The average molecular weight is 837 g/mol. The Morgan fingerprint density at radius 3 is 1.33 bits per heavy atom. The van der Waals surface area contributed by atoms with Crippen LogP contribution in [0.15, 0.2) is 24.3 Å². The number of rotatable bonds is 14. The maximum absolute atomic E-state index is 11.5. The molecule has 5 rings (SSSR count). The second kappa shape index (κ2) is 22.6. The lowest BCUT2D eigenvalue weighted by molar-refractivity contribution is -0.143. The smallest absolute Gasteiger partial charge is 0.303 e. The molecule has 2 aliphatic rings. The van der Waals surface area contributed by atoms with E-state index in [2.05, 4.69) is 49.8 Å². The number of aliphatic carboxylic acids is 2. The van der Waals surface area contributed by atoms with Crippen LogP contribution in [-0.2, 0) is 32.0 Å². The van der Waals surface area contributed by atoms with Crippen LogP contribution in [0.25, 0.3) is 44.4 Å². The minimum absolute atomic E-state index is 0.00162. The van der Waals surface area contributed by atoms with Gasteiger partial charge in [-0.2, -0.15) is 0 Å². The highest BCUT2D eigenvalue weighted by Crippen LogP contribution is 2.37. The molecule has 0 saturated carbocycles. The second-order valence-corrected chi connectivity index (χ2v) is 13.9. The summed E-state index contributed by atoms with van der Waals surface area (Å²) in [5.74, 6) is -3.11. The van der Waals surface area contributed by atoms with Gasteiger partial charge in [0.15, 0.2) is 0 Å². The third-order valence-corrected chi connectivity index (χ3v) is 10.3. The minimum Gasteiger partial charge on any atom is -0.481 e. The van der Waals surface area contributed by atoms with Crippen LogP contribution in [0.3, 0.4) is 0 Å². The first-order valence-electron chi connectivity index (χ1n) is 19.3. The third-order valence-electron chi connectivity index (χ3n) is 10.3. The van der Waals surface area contributed by atoms with E-state index in [1.807, 2.05) is 26.0 Å². The molecular formula is C42H56N6O12. The molecule has 0 aliphatic carbocycles. The van der Waals surface area contributed by atoms with Gasteiger partial charge in [-0.3, -0.25) is 29.0 Å². The number of allylic oxidation sites excluding steroid dienone is 4. The van der Waals surface area contributed by atoms with Gasteiger partial charge in [0.2, 0.25) is 0 Å². The minimum atomic E-state index is -0.864. The Hall–Kier alpha value is -5.76. The van der Waals surface area contributed by atoms with E-state index in [4.69, 9.17) is 40.6 Å². The van der Waals surface area contributed by atoms with Crippen LogP contribution in [0.5, 0.6) is 0 Å². The lowest BCUT2D eigenvalue weighted by Gasteiger charge is -2.13. The Labute approximate surface area is 346 Å². The summed E-state index contributed by atoms with van der Waals surface area (Å²) in [6.45, 7) is 8.83. The zero-order valence-electron chi connectivity index (χ0n) is 34.8. The van der Waals surface area contributed by atoms with Gasteiger partial charge in [0.1, 0.15) is 40.1 Å². The number of aryl methyl sites for hydroxylation is 4. The molecule has 8 bridgehead atoms. The first-order valence-corrected chi connectivity index (χ1v) is 19.3. The SMILES string of the molecule is CCC1=C(C)c2cc3[nH]c(cc4nc(cc5[nH]c(cc1n2)c(C)c5CCC(=O)O)C(CCC(=O)O)=C4C)c(C)c3CC.O=C(CO)N(CO)CO.O=C(CO)N(CO)CO. The number of H-pyrrole nitrogens is 2. The summed E-state index contributed by atoms with van der Waals surface area (Å²) in [4.78, 5) is 62.4. The Kier molecular flexibility index (Phi) is 18.3. The first-order chi connectivity index (χ1) is 28.5. The topological polar surface area (TPSA) is 294 Å². The van der Waals surface area contributed by atoms with Gasteiger partial charge in [0, 0.05) is 34.9 Å². The van der Waals surface area contributed by atoms with E-state index in [1.165, 1.54) is 11.1 Å². The molecule has 0 saturated heterocycles. The first kappa shape index (κ1) is 48.6. The van der Waals surface area contributed by atoms with Gasteiger partial charge in [0.05, 0.1) is 22.8 Å². The molecule has 0 aromatic carbocycles. The van der Waals surface area contributed by atoms with Gasteiger partial charge in [-0.15, -0.1) is 0 Å². The van der Waals surface area contributed by atoms with Crippen LogP contribution in [0, 0.1) is 13.8 Å². The average Bonchev–Trinajstić information content (AvgIpc) is 3.89. The molecule has 2 aliphatic heterocycles. The molecule has 60 heavy (non-hydrogen) atoms. The van der Waals surface area contributed by atoms with E-state index in [-0.39, 0.29) is 12.8 Å². The molecule has 0 spiro atoms. The van der Waals surface area contributed by atoms with Crippen molar-refractivity contribution in [3.63, 3.8) is 0 Å². The van der Waals surface area contributed by atoms with Crippen molar-refractivity contribution in [1.29, 1.82) is 0 Å². The normalized spacial score (nSPS) is 12.1. The van der Waals surface area contributed by atoms with Crippen LogP contribution < -0.4 is 0 Å². The molecule has 18 heteroatoms. The highest BCUT2D eigenvalue weighted by molar-refractivity contribution is 5.95. The van der Waals surface area contributed by atoms with Gasteiger partial charge < -0.3 is 50.8 Å². The van der Waals surface area contributed by atoms with E-state index in [0.29, 0.717) is 28.3 Å². The van der Waals surface area contributed by atoms with Crippen molar-refractivity contribution in [2.75, 3.05) is 40.1 Å². The number of nitrogens with zero attached hydrogens (tertiary/aromatic N) is 4. The van der Waals surface area contributed by atoms with Crippen LogP contribution in [0.2, 0.25) is 0 Å². The fraction of sp³-hybridized carbons (Fsp3) is 0.429. The lowest BCUT2D eigenvalue weighted by Crippen LogP contribution is -2.34. The maximum atomic E-state index is 11.5. The number of carboxylic acid groups (broad SMARTS) is 2. The molecule has 10 N–H and O–H groups in total. The number of hydrogen-bond donors (Lipinski definition) is 10. The van der Waals surface area contributed by atoms with Crippen LogP contribution in [-0.4, -0.2) is 134 Å². The molecule has 5 heterocycles. The van der Waals surface area contributed by atoms with Gasteiger partial charge in [-0.1, -0.05) is 13.8 Å². The molecular weight excluding hydrogens is 780 g/mol. The zero-order valence-corrected chi connectivity index (χ0v) is 34.8. The molecule has 3 aromatic heterocycles. The maximum Gasteiger partial charge on any atom is 0.303 e. The summed E-state index contributed by atoms with van der Waals surface area (Å²) >= 11 is 0. The largest absolute Gasteiger partial charge is 0.481 e. The third kappa shape index (κ3) is 11.7. The zero-order chi connectivity index (χ0) is 44.8. The van der Waals surface area contributed by atoms with Crippen molar-refractivity contribution >= 4 is 68.1 Å². The predicted octanol–water partition coefficient (Wildman–Crippen LogP) is 3.06. The van der Waals surface area contributed by atoms with Crippen molar-refractivity contribution in [1.82, 2.24) is 29.7 Å². The van der Waals surface area contributed by atoms with Gasteiger partial charge in [0.25, 0.3) is 11.8 Å². The van der Waals surface area contributed by atoms with E-state index in [9.17, 15) is 29.4 Å². The lowest BCUT2D eigenvalue weighted by atomic mass is 10.00. The van der Waals surface area contributed by atoms with Crippen LogP contribution in [0.4, 0.5) is 0 Å². The number of amides is 2. The number of carbonyl (C=O) groups is 4. The highest BCUT2D eigenvalue weighted by atomic mass is 16.4. The van der Waals surface area contributed by atoms with E-state index in [1.54, 1.807) is 0 Å². The summed E-state index contributed by atoms with van der Waals surface area (Å²) in [5, 5.41) is 68.3. The molecule has 3 aromatic rings. The molecule has 0 atom stereocenters. The summed E-state index contributed by atoms with van der Waals surface area (Å²) in [6, 6.07) is 8.19. The van der Waals surface area contributed by atoms with E-state index < -0.39 is 63.9 Å². The Balaban J connectivity index is 0.000000445. The van der Waals surface area contributed by atoms with E-state index in [0.717, 1.165) is 85.4 Å². The number of aliphatic hydroxyl groups is 6. The molecule has 0 fully saturated rings. The Bertz CT molecular complexity index is 2260. The highest BCUT2D eigenvalue weighted by Gasteiger charge is 2.21. The Morgan fingerprint density at radius 1 is 0.533 bits per heavy atom. The molecule has 2 amide bonds. The number of aromatic amines is 2. The summed E-state index contributed by atoms with van der Waals surface area (Å²) in [6.07, 6.45) is 2.39. The number of hydrogen-bond acceptors (Lipinski definition) is 12. The Morgan fingerprint density at radius 2 is 0.917 bits per heavy atom. The van der Waals surface area contributed by atoms with Crippen molar-refractivity contribution in [2.24, 2.45) is 0 Å². The number of carboxylic acids is 2. The van der Waals surface area contributed by atoms with Gasteiger partial charge >= 0.3 is 11.9 Å². The number of fused-ring (bicyclic) bond motifs is 8. The molecule has 18 nitrogen and oxygen atoms in total. The fourth-order valence-electron chi connectivity index (χ4n) is 6.82. The van der Waals surface area contributed by atoms with Crippen molar-refractivity contribution < 1.29 is 60.0 Å². The van der Waals surface area contributed by atoms with Crippen LogP contribution >= 0.6 is 0 Å². The van der Waals surface area contributed by atoms with Crippen molar-refractivity contribution in [3.8, 4) is 0 Å². The van der Waals surface area contributed by atoms with Crippen LogP contribution in [0.1, 0.15) is 98.4 Å². The standard InChI is InChI=1S/C34H38N4O4.2C4H9NO4/c1-7-21-17(3)25-13-26-19(5)23(9-11-33(39)40)31(37-26)16-32-24(10-12-34(41)42)20(6)28(38-32)15-30-22(8-2)18(4)27(36-30)14-29(21)35-25;2*6-1-4(9)5(2-7)3-8/h13-16,35,38H,7-12H2,1-6H3,(H,39,40)(H,41,42);2*6-8H,1-3H2. The number of carbonyl (C=O) groups excluding carboxylic acids is 2. The fourth-order valence-corrected chi connectivity index (χ4v) is 6.82. The predicted molar refractivity (Wildman–Crippen MR) is 224 cm³/mol. The summed E-state index contributed by atoms with van der Waals surface area (Å²) in [7, 11) is 0. The summed E-state index contributed by atoms with van der Waals surface area (Å²) < 4.78 is 0. The van der Waals surface area contributed by atoms with Crippen molar-refractivity contribution in [2.45, 2.75) is 80.1 Å². The number of aliphatic hydroxyl groups excluding tert-OH is 6. The molecule has 0 radical (unpaired) electrons. The monoisotopic (exact) mass is 836 g/mol. The van der Waals surface area contributed by atoms with Crippen molar-refractivity contribution in [3.05, 3.63) is 69.3 Å². The van der Waals surface area contributed by atoms with Gasteiger partial charge in [-0.25, -0.2) is 9.97 Å².